The van der Waals surface area contributed by atoms with Crippen LogP contribution in [-0.2, 0) is 4.79 Å². The standard InChI is InChI=1S/C20H30N2O2/c1-16(2)17-7-9-19(10-8-17)24-15-20(23)22-13-11-21(12-14-22)18-5-3-4-6-18/h7-10,16,18H,3-6,11-15H2,1-2H3. The lowest BCUT2D eigenvalue weighted by molar-refractivity contribution is -0.135. The van der Waals surface area contributed by atoms with Crippen LogP contribution in [0.25, 0.3) is 0 Å². The van der Waals surface area contributed by atoms with E-state index in [0.29, 0.717) is 5.92 Å². The van der Waals surface area contributed by atoms with Gasteiger partial charge in [0.25, 0.3) is 5.91 Å². The summed E-state index contributed by atoms with van der Waals surface area (Å²) in [7, 11) is 0. The highest BCUT2D eigenvalue weighted by Crippen LogP contribution is 2.24. The van der Waals surface area contributed by atoms with Crippen molar-refractivity contribution in [1.82, 2.24) is 9.80 Å². The van der Waals surface area contributed by atoms with E-state index in [1.54, 1.807) is 0 Å². The molecule has 4 nitrogen and oxygen atoms in total. The molecule has 0 unspecified atom stereocenters. The number of carbonyl (C=O) groups is 1. The number of hydrogen-bond acceptors (Lipinski definition) is 3. The largest absolute Gasteiger partial charge is 0.484 e. The van der Waals surface area contributed by atoms with Crippen molar-refractivity contribution in [3.63, 3.8) is 0 Å². The average Bonchev–Trinajstić information content (AvgIpc) is 3.15. The minimum Gasteiger partial charge on any atom is -0.484 e. The third-order valence-electron chi connectivity index (χ3n) is 5.42. The molecule has 0 aromatic heterocycles. The molecule has 132 valence electrons. The molecule has 1 aliphatic carbocycles. The summed E-state index contributed by atoms with van der Waals surface area (Å²) in [4.78, 5) is 16.9. The highest BCUT2D eigenvalue weighted by molar-refractivity contribution is 5.77. The normalized spacial score (nSPS) is 19.9. The van der Waals surface area contributed by atoms with Gasteiger partial charge < -0.3 is 9.64 Å². The van der Waals surface area contributed by atoms with E-state index < -0.39 is 0 Å². The van der Waals surface area contributed by atoms with Crippen LogP contribution in [0.15, 0.2) is 24.3 Å². The third-order valence-corrected chi connectivity index (χ3v) is 5.42. The summed E-state index contributed by atoms with van der Waals surface area (Å²) in [6.45, 7) is 8.19. The molecule has 0 bridgehead atoms. The molecular weight excluding hydrogens is 300 g/mol. The number of ether oxygens (including phenoxy) is 1. The van der Waals surface area contributed by atoms with Crippen molar-refractivity contribution in [2.24, 2.45) is 0 Å². The third kappa shape index (κ3) is 4.29. The van der Waals surface area contributed by atoms with Gasteiger partial charge in [-0.3, -0.25) is 9.69 Å². The second kappa shape index (κ2) is 8.02. The van der Waals surface area contributed by atoms with E-state index in [2.05, 4.69) is 30.9 Å². The quantitative estimate of drug-likeness (QED) is 0.830. The first kappa shape index (κ1) is 17.3. The van der Waals surface area contributed by atoms with Gasteiger partial charge in [0.2, 0.25) is 0 Å². The van der Waals surface area contributed by atoms with Crippen LogP contribution < -0.4 is 4.74 Å². The maximum atomic E-state index is 12.4. The van der Waals surface area contributed by atoms with Crippen molar-refractivity contribution in [1.29, 1.82) is 0 Å². The van der Waals surface area contributed by atoms with Crippen LogP contribution in [0.5, 0.6) is 5.75 Å². The zero-order valence-electron chi connectivity index (χ0n) is 15.0. The van der Waals surface area contributed by atoms with Crippen LogP contribution in [0.1, 0.15) is 51.0 Å². The lowest BCUT2D eigenvalue weighted by Crippen LogP contribution is -2.52. The van der Waals surface area contributed by atoms with E-state index in [1.807, 2.05) is 17.0 Å². The molecule has 1 aromatic rings. The number of benzene rings is 1. The molecule has 0 N–H and O–H groups in total. The van der Waals surface area contributed by atoms with Crippen molar-refractivity contribution in [3.8, 4) is 5.75 Å². The highest BCUT2D eigenvalue weighted by atomic mass is 16.5. The molecular formula is C20H30N2O2. The minimum atomic E-state index is 0.106. The van der Waals surface area contributed by atoms with Crippen LogP contribution in [0.2, 0.25) is 0 Å². The Morgan fingerprint density at radius 1 is 1.08 bits per heavy atom. The van der Waals surface area contributed by atoms with Crippen molar-refractivity contribution >= 4 is 5.91 Å². The fraction of sp³-hybridized carbons (Fsp3) is 0.650. The van der Waals surface area contributed by atoms with Gasteiger partial charge in [-0.05, 0) is 36.5 Å². The van der Waals surface area contributed by atoms with Crippen LogP contribution in [0, 0.1) is 0 Å². The lowest BCUT2D eigenvalue weighted by atomic mass is 10.0. The smallest absolute Gasteiger partial charge is 0.260 e. The molecule has 1 saturated carbocycles. The Bertz CT molecular complexity index is 527. The number of hydrogen-bond donors (Lipinski definition) is 0. The fourth-order valence-corrected chi connectivity index (χ4v) is 3.79. The van der Waals surface area contributed by atoms with E-state index in [1.165, 1.54) is 31.2 Å². The van der Waals surface area contributed by atoms with E-state index in [-0.39, 0.29) is 12.5 Å². The number of nitrogens with zero attached hydrogens (tertiary/aromatic N) is 2. The molecule has 1 saturated heterocycles. The first-order chi connectivity index (χ1) is 11.6. The number of rotatable bonds is 5. The molecule has 1 aromatic carbocycles. The van der Waals surface area contributed by atoms with E-state index in [4.69, 9.17) is 4.74 Å². The summed E-state index contributed by atoms with van der Waals surface area (Å²) in [6.07, 6.45) is 5.41. The summed E-state index contributed by atoms with van der Waals surface area (Å²) < 4.78 is 5.68. The second-order valence-corrected chi connectivity index (χ2v) is 7.37. The molecule has 24 heavy (non-hydrogen) atoms. The topological polar surface area (TPSA) is 32.8 Å². The molecule has 1 heterocycles. The van der Waals surface area contributed by atoms with Crippen molar-refractivity contribution in [3.05, 3.63) is 29.8 Å². The predicted molar refractivity (Wildman–Crippen MR) is 96.4 cm³/mol. The van der Waals surface area contributed by atoms with Gasteiger partial charge in [-0.15, -0.1) is 0 Å². The molecule has 2 aliphatic rings. The van der Waals surface area contributed by atoms with E-state index >= 15 is 0 Å². The summed E-state index contributed by atoms with van der Waals surface area (Å²) >= 11 is 0. The molecule has 0 spiro atoms. The molecule has 0 atom stereocenters. The summed E-state index contributed by atoms with van der Waals surface area (Å²) in [5.74, 6) is 1.39. The number of piperazine rings is 1. The minimum absolute atomic E-state index is 0.106. The molecule has 2 fully saturated rings. The Labute approximate surface area is 145 Å². The van der Waals surface area contributed by atoms with Crippen LogP contribution in [0.3, 0.4) is 0 Å². The first-order valence-electron chi connectivity index (χ1n) is 9.38. The van der Waals surface area contributed by atoms with Crippen molar-refractivity contribution in [2.45, 2.75) is 51.5 Å². The Morgan fingerprint density at radius 3 is 2.29 bits per heavy atom. The van der Waals surface area contributed by atoms with Gasteiger partial charge in [0.15, 0.2) is 6.61 Å². The van der Waals surface area contributed by atoms with Gasteiger partial charge in [0, 0.05) is 32.2 Å². The number of carbonyl (C=O) groups excluding carboxylic acids is 1. The molecule has 3 rings (SSSR count). The van der Waals surface area contributed by atoms with Gasteiger partial charge in [-0.2, -0.15) is 0 Å². The average molecular weight is 330 g/mol. The van der Waals surface area contributed by atoms with Crippen LogP contribution in [0.4, 0.5) is 0 Å². The Hall–Kier alpha value is -1.55. The summed E-state index contributed by atoms with van der Waals surface area (Å²) in [6, 6.07) is 8.83. The maximum absolute atomic E-state index is 12.4. The number of amides is 1. The lowest BCUT2D eigenvalue weighted by Gasteiger charge is -2.38. The molecule has 1 aliphatic heterocycles. The fourth-order valence-electron chi connectivity index (χ4n) is 3.79. The van der Waals surface area contributed by atoms with E-state index in [9.17, 15) is 4.79 Å². The van der Waals surface area contributed by atoms with Crippen molar-refractivity contribution < 1.29 is 9.53 Å². The Kier molecular flexibility index (Phi) is 5.77. The molecule has 1 amide bonds. The Balaban J connectivity index is 1.42. The SMILES string of the molecule is CC(C)c1ccc(OCC(=O)N2CCN(C3CCCC3)CC2)cc1. The van der Waals surface area contributed by atoms with Gasteiger partial charge in [-0.1, -0.05) is 38.8 Å². The van der Waals surface area contributed by atoms with Gasteiger partial charge in [0.1, 0.15) is 5.75 Å². The van der Waals surface area contributed by atoms with E-state index in [0.717, 1.165) is 38.0 Å². The maximum Gasteiger partial charge on any atom is 0.260 e. The highest BCUT2D eigenvalue weighted by Gasteiger charge is 2.27. The van der Waals surface area contributed by atoms with Gasteiger partial charge >= 0.3 is 0 Å². The van der Waals surface area contributed by atoms with Crippen LogP contribution >= 0.6 is 0 Å². The monoisotopic (exact) mass is 330 g/mol. The molecule has 4 heteroatoms. The van der Waals surface area contributed by atoms with Gasteiger partial charge in [-0.25, -0.2) is 0 Å². The summed E-state index contributed by atoms with van der Waals surface area (Å²) in [5, 5.41) is 0. The molecule has 0 radical (unpaired) electrons. The Morgan fingerprint density at radius 2 is 1.71 bits per heavy atom. The zero-order valence-corrected chi connectivity index (χ0v) is 15.0. The van der Waals surface area contributed by atoms with Gasteiger partial charge in [0.05, 0.1) is 0 Å². The van der Waals surface area contributed by atoms with Crippen molar-refractivity contribution in [2.75, 3.05) is 32.8 Å². The second-order valence-electron chi connectivity index (χ2n) is 7.37. The predicted octanol–water partition coefficient (Wildman–Crippen LogP) is 3.28. The van der Waals surface area contributed by atoms with Crippen LogP contribution in [-0.4, -0.2) is 54.5 Å². The first-order valence-corrected chi connectivity index (χ1v) is 9.38. The zero-order chi connectivity index (χ0) is 16.9. The summed E-state index contributed by atoms with van der Waals surface area (Å²) in [5.41, 5.74) is 1.29.